The number of rotatable bonds is 2. The summed E-state index contributed by atoms with van der Waals surface area (Å²) in [7, 11) is 1.68. The Kier molecular flexibility index (Phi) is 3.29. The zero-order chi connectivity index (χ0) is 17.8. The summed E-state index contributed by atoms with van der Waals surface area (Å²) in [6.07, 6.45) is 5.39. The van der Waals surface area contributed by atoms with E-state index in [9.17, 15) is 5.26 Å². The molecule has 0 radical (unpaired) electrons. The Bertz CT molecular complexity index is 926. The minimum atomic E-state index is -0.624. The van der Waals surface area contributed by atoms with Crippen LogP contribution in [0.15, 0.2) is 60.7 Å². The summed E-state index contributed by atoms with van der Waals surface area (Å²) >= 11 is 0. The monoisotopic (exact) mass is 343 g/mol. The Morgan fingerprint density at radius 2 is 1.85 bits per heavy atom. The first-order valence-electron chi connectivity index (χ1n) is 9.17. The number of nitriles is 1. The predicted molar refractivity (Wildman–Crippen MR) is 99.2 cm³/mol. The van der Waals surface area contributed by atoms with E-state index in [2.05, 4.69) is 54.6 Å². The van der Waals surface area contributed by atoms with Crippen LogP contribution in [0.4, 0.5) is 0 Å². The van der Waals surface area contributed by atoms with Crippen molar-refractivity contribution in [2.45, 2.75) is 23.2 Å². The van der Waals surface area contributed by atoms with Crippen LogP contribution in [0, 0.1) is 17.2 Å². The van der Waals surface area contributed by atoms with Gasteiger partial charge in [-0.1, -0.05) is 48.6 Å². The van der Waals surface area contributed by atoms with Crippen LogP contribution < -0.4 is 4.74 Å². The van der Waals surface area contributed by atoms with Crippen LogP contribution in [0.25, 0.3) is 0 Å². The number of fused-ring (bicyclic) bond motifs is 1. The largest absolute Gasteiger partial charge is 0.497 e. The minimum Gasteiger partial charge on any atom is -0.497 e. The Balaban J connectivity index is 1.75. The Morgan fingerprint density at radius 1 is 1.08 bits per heavy atom. The van der Waals surface area contributed by atoms with Gasteiger partial charge in [0.25, 0.3) is 0 Å². The van der Waals surface area contributed by atoms with Gasteiger partial charge in [-0.3, -0.25) is 0 Å². The van der Waals surface area contributed by atoms with E-state index in [0.717, 1.165) is 24.3 Å². The van der Waals surface area contributed by atoms with Crippen LogP contribution in [0.5, 0.6) is 5.75 Å². The summed E-state index contributed by atoms with van der Waals surface area (Å²) < 4.78 is 11.3. The molecule has 1 heterocycles. The summed E-state index contributed by atoms with van der Waals surface area (Å²) in [5, 5.41) is 10.4. The molecule has 2 aromatic carbocycles. The fourth-order valence-corrected chi connectivity index (χ4v) is 5.29. The van der Waals surface area contributed by atoms with Gasteiger partial charge < -0.3 is 9.47 Å². The van der Waals surface area contributed by atoms with Gasteiger partial charge >= 0.3 is 0 Å². The van der Waals surface area contributed by atoms with E-state index < -0.39 is 5.41 Å². The first-order chi connectivity index (χ1) is 12.7. The average Bonchev–Trinajstić information content (AvgIpc) is 3.01. The molecule has 3 heteroatoms. The maximum absolute atomic E-state index is 10.4. The lowest BCUT2D eigenvalue weighted by atomic mass is 9.63. The third kappa shape index (κ3) is 1.86. The number of hydrogen-bond donors (Lipinski definition) is 0. The zero-order valence-electron chi connectivity index (χ0n) is 14.8. The van der Waals surface area contributed by atoms with Gasteiger partial charge in [0.15, 0.2) is 0 Å². The van der Waals surface area contributed by atoms with Crippen molar-refractivity contribution in [2.75, 3.05) is 20.3 Å². The van der Waals surface area contributed by atoms with Gasteiger partial charge in [0.2, 0.25) is 0 Å². The van der Waals surface area contributed by atoms with Crippen LogP contribution in [0.1, 0.15) is 29.0 Å². The topological polar surface area (TPSA) is 42.2 Å². The Hall–Kier alpha value is -2.57. The standard InChI is InChI=1S/C23H21NO2/c1-25-18-8-6-16(7-9-18)21-12-17-13-26-15-23(17)11-10-22(21,14-24)19-4-2-3-5-20(19)23/h2-11,17,21H,12-13,15H2,1H3/t17-,21+,22?,23?/m1/s1. The van der Waals surface area contributed by atoms with E-state index in [4.69, 9.17) is 9.47 Å². The van der Waals surface area contributed by atoms with Gasteiger partial charge in [-0.05, 0) is 41.2 Å². The second kappa shape index (κ2) is 5.46. The minimum absolute atomic E-state index is 0.0852. The van der Waals surface area contributed by atoms with Crippen LogP contribution >= 0.6 is 0 Å². The molecule has 2 unspecified atom stereocenters. The lowest BCUT2D eigenvalue weighted by molar-refractivity contribution is 0.175. The van der Waals surface area contributed by atoms with E-state index in [-0.39, 0.29) is 11.3 Å². The molecule has 4 atom stereocenters. The van der Waals surface area contributed by atoms with Crippen molar-refractivity contribution in [1.29, 1.82) is 5.26 Å². The smallest absolute Gasteiger partial charge is 0.118 e. The molecule has 2 bridgehead atoms. The van der Waals surface area contributed by atoms with Crippen LogP contribution in [0.2, 0.25) is 0 Å². The molecule has 4 aliphatic rings. The molecule has 0 aromatic heterocycles. The molecule has 1 saturated heterocycles. The second-order valence-corrected chi connectivity index (χ2v) is 7.67. The number of benzene rings is 2. The van der Waals surface area contributed by atoms with Crippen LogP contribution in [-0.4, -0.2) is 20.3 Å². The van der Waals surface area contributed by atoms with E-state index in [0.29, 0.717) is 12.5 Å². The summed E-state index contributed by atoms with van der Waals surface area (Å²) in [6, 6.07) is 19.4. The average molecular weight is 343 g/mol. The highest BCUT2D eigenvalue weighted by molar-refractivity contribution is 5.59. The molecular formula is C23H21NO2. The molecular weight excluding hydrogens is 322 g/mol. The van der Waals surface area contributed by atoms with E-state index in [1.54, 1.807) is 7.11 Å². The molecule has 130 valence electrons. The SMILES string of the molecule is COc1ccc([C@@H]2C[C@@H]3COCC34C=CC2(C#N)c2ccccc24)cc1. The van der Waals surface area contributed by atoms with Gasteiger partial charge in [0.05, 0.1) is 26.4 Å². The quantitative estimate of drug-likeness (QED) is 0.771. The number of methoxy groups -OCH3 is 1. The van der Waals surface area contributed by atoms with Crippen LogP contribution in [-0.2, 0) is 15.6 Å². The van der Waals surface area contributed by atoms with Crippen molar-refractivity contribution in [3.8, 4) is 11.8 Å². The molecule has 0 amide bonds. The maximum atomic E-state index is 10.4. The molecule has 3 aliphatic carbocycles. The lowest BCUT2D eigenvalue weighted by Gasteiger charge is -2.38. The molecule has 1 aliphatic heterocycles. The van der Waals surface area contributed by atoms with E-state index in [1.165, 1.54) is 11.1 Å². The molecule has 1 fully saturated rings. The summed E-state index contributed by atoms with van der Waals surface area (Å²) in [5.74, 6) is 1.34. The highest BCUT2D eigenvalue weighted by atomic mass is 16.5. The zero-order valence-corrected chi connectivity index (χ0v) is 14.8. The number of hydrogen-bond acceptors (Lipinski definition) is 3. The van der Waals surface area contributed by atoms with Crippen molar-refractivity contribution in [3.05, 3.63) is 77.4 Å². The first-order valence-corrected chi connectivity index (χ1v) is 9.17. The highest BCUT2D eigenvalue weighted by Gasteiger charge is 2.57. The third-order valence-corrected chi connectivity index (χ3v) is 6.68. The van der Waals surface area contributed by atoms with Gasteiger partial charge in [-0.2, -0.15) is 5.26 Å². The maximum Gasteiger partial charge on any atom is 0.118 e. The normalized spacial score (nSPS) is 33.8. The third-order valence-electron chi connectivity index (χ3n) is 6.68. The molecule has 0 N–H and O–H groups in total. The van der Waals surface area contributed by atoms with Gasteiger partial charge in [0, 0.05) is 11.3 Å². The number of allylic oxidation sites excluding steroid dienone is 1. The van der Waals surface area contributed by atoms with Gasteiger partial charge in [-0.25, -0.2) is 0 Å². The van der Waals surface area contributed by atoms with Crippen molar-refractivity contribution in [1.82, 2.24) is 0 Å². The van der Waals surface area contributed by atoms with E-state index in [1.807, 2.05) is 12.1 Å². The summed E-state index contributed by atoms with van der Waals surface area (Å²) in [5.41, 5.74) is 2.91. The van der Waals surface area contributed by atoms with Crippen molar-refractivity contribution < 1.29 is 9.47 Å². The number of ether oxygens (including phenoxy) is 2. The number of nitrogens with zero attached hydrogens (tertiary/aromatic N) is 1. The Morgan fingerprint density at radius 3 is 2.58 bits per heavy atom. The fraction of sp³-hybridized carbons (Fsp3) is 0.348. The van der Waals surface area contributed by atoms with Crippen LogP contribution in [0.3, 0.4) is 0 Å². The van der Waals surface area contributed by atoms with Crippen molar-refractivity contribution in [2.24, 2.45) is 5.92 Å². The van der Waals surface area contributed by atoms with Crippen molar-refractivity contribution >= 4 is 0 Å². The second-order valence-electron chi connectivity index (χ2n) is 7.67. The first kappa shape index (κ1) is 15.7. The summed E-state index contributed by atoms with van der Waals surface area (Å²) in [6.45, 7) is 1.47. The highest BCUT2D eigenvalue weighted by Crippen LogP contribution is 2.59. The molecule has 2 aromatic rings. The molecule has 1 spiro atoms. The fourth-order valence-electron chi connectivity index (χ4n) is 5.29. The molecule has 0 saturated carbocycles. The molecule has 6 rings (SSSR count). The van der Waals surface area contributed by atoms with E-state index >= 15 is 0 Å². The summed E-state index contributed by atoms with van der Waals surface area (Å²) in [4.78, 5) is 0. The molecule has 3 nitrogen and oxygen atoms in total. The predicted octanol–water partition coefficient (Wildman–Crippen LogP) is 4.10. The van der Waals surface area contributed by atoms with Gasteiger partial charge in [-0.15, -0.1) is 0 Å². The van der Waals surface area contributed by atoms with Crippen molar-refractivity contribution in [3.63, 3.8) is 0 Å². The van der Waals surface area contributed by atoms with Gasteiger partial charge in [0.1, 0.15) is 11.2 Å². The Labute approximate surface area is 153 Å². The lowest BCUT2D eigenvalue weighted by Crippen LogP contribution is -2.37. The molecule has 26 heavy (non-hydrogen) atoms.